The predicted octanol–water partition coefficient (Wildman–Crippen LogP) is 2.60. The van der Waals surface area contributed by atoms with Gasteiger partial charge in [-0.3, -0.25) is 0 Å². The summed E-state index contributed by atoms with van der Waals surface area (Å²) in [5.41, 5.74) is 0. The topological polar surface area (TPSA) is 12.5 Å². The van der Waals surface area contributed by atoms with Crippen molar-refractivity contribution in [2.75, 3.05) is 0 Å². The molecule has 0 aromatic carbocycles. The first kappa shape index (κ1) is 8.06. The predicted molar refractivity (Wildman–Crippen MR) is 43.0 cm³/mol. The molecule has 1 fully saturated rings. The third-order valence-electron chi connectivity index (χ3n) is 2.42. The van der Waals surface area contributed by atoms with Crippen molar-refractivity contribution in [1.29, 1.82) is 0 Å². The van der Waals surface area contributed by atoms with E-state index in [1.54, 1.807) is 0 Å². The molecule has 1 aliphatic heterocycles. The Morgan fingerprint density at radius 3 is 2.40 bits per heavy atom. The van der Waals surface area contributed by atoms with Gasteiger partial charge in [0, 0.05) is 0 Å². The first-order chi connectivity index (χ1) is 4.77. The average Bonchev–Trinajstić information content (AvgIpc) is 2.67. The van der Waals surface area contributed by atoms with Gasteiger partial charge in [-0.15, -0.1) is 0 Å². The molecule has 1 heteroatoms. The van der Waals surface area contributed by atoms with Crippen LogP contribution in [0.25, 0.3) is 0 Å². The van der Waals surface area contributed by atoms with Gasteiger partial charge in [0.2, 0.25) is 0 Å². The van der Waals surface area contributed by atoms with E-state index >= 15 is 0 Å². The molecule has 3 atom stereocenters. The van der Waals surface area contributed by atoms with Gasteiger partial charge in [-0.25, -0.2) is 0 Å². The molecule has 3 unspecified atom stereocenters. The van der Waals surface area contributed by atoms with Crippen LogP contribution in [-0.2, 0) is 4.74 Å². The van der Waals surface area contributed by atoms with Crippen LogP contribution in [0.3, 0.4) is 0 Å². The fourth-order valence-electron chi connectivity index (χ4n) is 1.31. The Labute approximate surface area is 63.8 Å². The van der Waals surface area contributed by atoms with Crippen molar-refractivity contribution in [2.24, 2.45) is 5.92 Å². The van der Waals surface area contributed by atoms with Gasteiger partial charge >= 0.3 is 0 Å². The molecule has 1 heterocycles. The van der Waals surface area contributed by atoms with Crippen LogP contribution < -0.4 is 0 Å². The number of epoxide rings is 1. The summed E-state index contributed by atoms with van der Waals surface area (Å²) in [6.07, 6.45) is 4.97. The number of ether oxygens (including phenoxy) is 1. The van der Waals surface area contributed by atoms with Crippen LogP contribution in [0.5, 0.6) is 0 Å². The molecule has 0 radical (unpaired) electrons. The molecule has 10 heavy (non-hydrogen) atoms. The summed E-state index contributed by atoms with van der Waals surface area (Å²) in [4.78, 5) is 0. The summed E-state index contributed by atoms with van der Waals surface area (Å²) < 4.78 is 5.44. The first-order valence-electron chi connectivity index (χ1n) is 4.43. The zero-order valence-electron chi connectivity index (χ0n) is 7.26. The monoisotopic (exact) mass is 142 g/mol. The quantitative estimate of drug-likeness (QED) is 0.550. The molecule has 0 aromatic heterocycles. The average molecular weight is 142 g/mol. The normalized spacial score (nSPS) is 33.9. The summed E-state index contributed by atoms with van der Waals surface area (Å²) in [5.74, 6) is 0.849. The van der Waals surface area contributed by atoms with Gasteiger partial charge in [-0.05, 0) is 18.8 Å². The lowest BCUT2D eigenvalue weighted by molar-refractivity contribution is 0.336. The smallest absolute Gasteiger partial charge is 0.0844 e. The molecule has 0 saturated carbocycles. The van der Waals surface area contributed by atoms with E-state index in [1.807, 2.05) is 0 Å². The van der Waals surface area contributed by atoms with E-state index in [2.05, 4.69) is 20.8 Å². The second kappa shape index (κ2) is 3.38. The van der Waals surface area contributed by atoms with Crippen LogP contribution in [0.1, 0.15) is 40.0 Å². The van der Waals surface area contributed by atoms with Crippen molar-refractivity contribution in [3.8, 4) is 0 Å². The Balaban J connectivity index is 2.05. The summed E-state index contributed by atoms with van der Waals surface area (Å²) in [5, 5.41) is 0. The van der Waals surface area contributed by atoms with Crippen LogP contribution >= 0.6 is 0 Å². The number of hydrogen-bond donors (Lipinski definition) is 0. The van der Waals surface area contributed by atoms with E-state index in [1.165, 1.54) is 19.3 Å². The molecule has 1 aliphatic rings. The van der Waals surface area contributed by atoms with E-state index in [-0.39, 0.29) is 0 Å². The van der Waals surface area contributed by atoms with Gasteiger partial charge in [0.1, 0.15) is 0 Å². The van der Waals surface area contributed by atoms with Crippen molar-refractivity contribution < 1.29 is 4.74 Å². The summed E-state index contributed by atoms with van der Waals surface area (Å²) in [6, 6.07) is 0. The number of rotatable bonds is 4. The molecule has 0 spiro atoms. The van der Waals surface area contributed by atoms with Crippen LogP contribution in [0, 0.1) is 5.92 Å². The third kappa shape index (κ3) is 1.98. The molecular weight excluding hydrogens is 124 g/mol. The van der Waals surface area contributed by atoms with E-state index in [0.717, 1.165) is 5.92 Å². The zero-order chi connectivity index (χ0) is 7.56. The summed E-state index contributed by atoms with van der Waals surface area (Å²) in [6.45, 7) is 6.74. The second-order valence-electron chi connectivity index (χ2n) is 3.37. The minimum atomic E-state index is 0.606. The maximum absolute atomic E-state index is 5.44. The van der Waals surface area contributed by atoms with Crippen LogP contribution in [0.15, 0.2) is 0 Å². The van der Waals surface area contributed by atoms with E-state index in [0.29, 0.717) is 12.2 Å². The Kier molecular flexibility index (Phi) is 2.72. The minimum absolute atomic E-state index is 0.606. The Hall–Kier alpha value is -0.0400. The van der Waals surface area contributed by atoms with Crippen LogP contribution in [0.4, 0.5) is 0 Å². The highest BCUT2D eigenvalue weighted by Crippen LogP contribution is 2.31. The molecule has 1 saturated heterocycles. The molecule has 60 valence electrons. The van der Waals surface area contributed by atoms with Gasteiger partial charge in [-0.2, -0.15) is 0 Å². The lowest BCUT2D eigenvalue weighted by Gasteiger charge is -2.03. The molecule has 1 nitrogen and oxygen atoms in total. The van der Waals surface area contributed by atoms with Gasteiger partial charge in [0.25, 0.3) is 0 Å². The Bertz CT molecular complexity index is 101. The SMILES string of the molecule is CCC(C)CC1OC1CC. The van der Waals surface area contributed by atoms with E-state index in [9.17, 15) is 0 Å². The Morgan fingerprint density at radius 1 is 1.30 bits per heavy atom. The van der Waals surface area contributed by atoms with Gasteiger partial charge < -0.3 is 4.74 Å². The lowest BCUT2D eigenvalue weighted by Crippen LogP contribution is -2.00. The Morgan fingerprint density at radius 2 is 2.00 bits per heavy atom. The maximum Gasteiger partial charge on any atom is 0.0844 e. The second-order valence-corrected chi connectivity index (χ2v) is 3.37. The lowest BCUT2D eigenvalue weighted by atomic mass is 10.0. The minimum Gasteiger partial charge on any atom is -0.370 e. The molecule has 0 aromatic rings. The maximum atomic E-state index is 5.44. The summed E-state index contributed by atoms with van der Waals surface area (Å²) >= 11 is 0. The first-order valence-corrected chi connectivity index (χ1v) is 4.43. The largest absolute Gasteiger partial charge is 0.370 e. The van der Waals surface area contributed by atoms with Crippen molar-refractivity contribution >= 4 is 0 Å². The summed E-state index contributed by atoms with van der Waals surface area (Å²) in [7, 11) is 0. The molecule has 0 amide bonds. The van der Waals surface area contributed by atoms with E-state index in [4.69, 9.17) is 4.74 Å². The van der Waals surface area contributed by atoms with Crippen molar-refractivity contribution in [2.45, 2.75) is 52.2 Å². The molecule has 0 aliphatic carbocycles. The zero-order valence-corrected chi connectivity index (χ0v) is 7.26. The van der Waals surface area contributed by atoms with Crippen LogP contribution in [0.2, 0.25) is 0 Å². The molecular formula is C9H18O. The third-order valence-corrected chi connectivity index (χ3v) is 2.42. The highest BCUT2D eigenvalue weighted by Gasteiger charge is 2.37. The van der Waals surface area contributed by atoms with Gasteiger partial charge in [-0.1, -0.05) is 27.2 Å². The van der Waals surface area contributed by atoms with Crippen molar-refractivity contribution in [3.05, 3.63) is 0 Å². The molecule has 0 bridgehead atoms. The highest BCUT2D eigenvalue weighted by molar-refractivity contribution is 4.84. The van der Waals surface area contributed by atoms with Crippen molar-refractivity contribution in [1.82, 2.24) is 0 Å². The van der Waals surface area contributed by atoms with Gasteiger partial charge in [0.05, 0.1) is 12.2 Å². The molecule has 0 N–H and O–H groups in total. The highest BCUT2D eigenvalue weighted by atomic mass is 16.6. The standard InChI is InChI=1S/C9H18O/c1-4-7(3)6-9-8(5-2)10-9/h7-9H,4-6H2,1-3H3. The van der Waals surface area contributed by atoms with Gasteiger partial charge in [0.15, 0.2) is 0 Å². The fraction of sp³-hybridized carbons (Fsp3) is 1.00. The number of hydrogen-bond acceptors (Lipinski definition) is 1. The van der Waals surface area contributed by atoms with Crippen molar-refractivity contribution in [3.63, 3.8) is 0 Å². The molecule has 1 rings (SSSR count). The van der Waals surface area contributed by atoms with E-state index < -0.39 is 0 Å². The van der Waals surface area contributed by atoms with Crippen LogP contribution in [-0.4, -0.2) is 12.2 Å². The fourth-order valence-corrected chi connectivity index (χ4v) is 1.31.